The lowest BCUT2D eigenvalue weighted by atomic mass is 9.85. The quantitative estimate of drug-likeness (QED) is 0.668. The molecule has 0 saturated carbocycles. The number of ether oxygens (including phenoxy) is 1. The molecule has 0 unspecified atom stereocenters. The first-order chi connectivity index (χ1) is 13.6. The molecule has 1 saturated heterocycles. The van der Waals surface area contributed by atoms with E-state index < -0.39 is 0 Å². The van der Waals surface area contributed by atoms with Gasteiger partial charge < -0.3 is 4.74 Å². The lowest BCUT2D eigenvalue weighted by molar-refractivity contribution is -0.0171. The van der Waals surface area contributed by atoms with E-state index in [4.69, 9.17) is 27.9 Å². The van der Waals surface area contributed by atoms with E-state index >= 15 is 0 Å². The Morgan fingerprint density at radius 3 is 2.41 bits per heavy atom. The number of morpholine rings is 1. The summed E-state index contributed by atoms with van der Waals surface area (Å²) in [6.45, 7) is 14.0. The molecule has 2 aromatic rings. The molecule has 1 aliphatic heterocycles. The number of benzene rings is 1. The lowest BCUT2D eigenvalue weighted by Crippen LogP contribution is -2.49. The number of rotatable bonds is 5. The number of tetrazole rings is 1. The first-order valence-electron chi connectivity index (χ1n) is 9.85. The Labute approximate surface area is 182 Å². The number of allylic oxidation sites excluding steroid dienone is 1. The maximum atomic E-state index is 6.36. The summed E-state index contributed by atoms with van der Waals surface area (Å²) in [6.07, 6.45) is 4.13. The van der Waals surface area contributed by atoms with Gasteiger partial charge in [0.15, 0.2) is 5.82 Å². The molecule has 29 heavy (non-hydrogen) atoms. The van der Waals surface area contributed by atoms with Crippen LogP contribution in [0.2, 0.25) is 10.0 Å². The SMILES string of the molecule is CC(C)(C)[C@H](/C=C\c1ccc(Cl)cc1Cl)n1nnnc1C(C)(C)N1CCOCC1. The van der Waals surface area contributed by atoms with E-state index in [-0.39, 0.29) is 17.0 Å². The van der Waals surface area contributed by atoms with Gasteiger partial charge >= 0.3 is 0 Å². The summed E-state index contributed by atoms with van der Waals surface area (Å²) in [5, 5.41) is 14.1. The zero-order valence-electron chi connectivity index (χ0n) is 17.7. The first-order valence-corrected chi connectivity index (χ1v) is 10.6. The molecule has 1 fully saturated rings. The molecule has 0 radical (unpaired) electrons. The first kappa shape index (κ1) is 22.2. The predicted molar refractivity (Wildman–Crippen MR) is 117 cm³/mol. The van der Waals surface area contributed by atoms with Crippen LogP contribution in [0.15, 0.2) is 24.3 Å². The van der Waals surface area contributed by atoms with Crippen LogP contribution in [0.4, 0.5) is 0 Å². The van der Waals surface area contributed by atoms with Gasteiger partial charge in [-0.3, -0.25) is 4.90 Å². The van der Waals surface area contributed by atoms with Gasteiger partial charge in [-0.2, -0.15) is 0 Å². The van der Waals surface area contributed by atoms with Crippen LogP contribution in [0.1, 0.15) is 52.0 Å². The molecule has 1 atom stereocenters. The summed E-state index contributed by atoms with van der Waals surface area (Å²) in [4.78, 5) is 2.37. The van der Waals surface area contributed by atoms with Crippen LogP contribution in [-0.2, 0) is 10.3 Å². The highest BCUT2D eigenvalue weighted by atomic mass is 35.5. The van der Waals surface area contributed by atoms with Gasteiger partial charge in [-0.1, -0.05) is 62.2 Å². The van der Waals surface area contributed by atoms with Crippen LogP contribution in [0.25, 0.3) is 6.08 Å². The average Bonchev–Trinajstić information content (AvgIpc) is 3.13. The van der Waals surface area contributed by atoms with Crippen LogP contribution in [-0.4, -0.2) is 51.4 Å². The molecule has 1 aromatic heterocycles. The molecule has 6 nitrogen and oxygen atoms in total. The minimum absolute atomic E-state index is 0.0560. The normalized spacial score (nSPS) is 17.8. The zero-order valence-corrected chi connectivity index (χ0v) is 19.2. The second-order valence-electron chi connectivity index (χ2n) is 8.94. The van der Waals surface area contributed by atoms with Crippen LogP contribution >= 0.6 is 23.2 Å². The highest BCUT2D eigenvalue weighted by Gasteiger charge is 2.38. The van der Waals surface area contributed by atoms with Gasteiger partial charge in [-0.05, 0) is 47.4 Å². The standard InChI is InChI=1S/C21H29Cl2N5O/c1-20(2,3)18(9-7-15-6-8-16(22)14-17(15)23)28-19(24-25-26-28)21(4,5)27-10-12-29-13-11-27/h6-9,14,18H,10-13H2,1-5H3/b9-7-/t18-/m0/s1. The summed E-state index contributed by atoms with van der Waals surface area (Å²) in [5.74, 6) is 0.839. The molecule has 0 aliphatic carbocycles. The van der Waals surface area contributed by atoms with Crippen LogP contribution < -0.4 is 0 Å². The third kappa shape index (κ3) is 5.00. The van der Waals surface area contributed by atoms with Gasteiger partial charge in [0, 0.05) is 23.1 Å². The Balaban J connectivity index is 1.97. The fourth-order valence-electron chi connectivity index (χ4n) is 3.62. The smallest absolute Gasteiger partial charge is 0.171 e. The maximum Gasteiger partial charge on any atom is 0.171 e. The summed E-state index contributed by atoms with van der Waals surface area (Å²) in [6, 6.07) is 5.45. The molecule has 0 spiro atoms. The van der Waals surface area contributed by atoms with E-state index in [1.807, 2.05) is 22.9 Å². The van der Waals surface area contributed by atoms with Crippen molar-refractivity contribution in [3.8, 4) is 0 Å². The number of hydrogen-bond acceptors (Lipinski definition) is 5. The maximum absolute atomic E-state index is 6.36. The van der Waals surface area contributed by atoms with Crippen molar-refractivity contribution >= 4 is 29.3 Å². The van der Waals surface area contributed by atoms with E-state index in [1.165, 1.54) is 0 Å². The van der Waals surface area contributed by atoms with Crippen molar-refractivity contribution in [2.45, 2.75) is 46.2 Å². The predicted octanol–water partition coefficient (Wildman–Crippen LogP) is 4.85. The van der Waals surface area contributed by atoms with E-state index in [0.717, 1.165) is 37.7 Å². The van der Waals surface area contributed by atoms with E-state index in [9.17, 15) is 0 Å². The fourth-order valence-corrected chi connectivity index (χ4v) is 4.09. The highest BCUT2D eigenvalue weighted by Crippen LogP contribution is 2.36. The van der Waals surface area contributed by atoms with Crippen molar-refractivity contribution < 1.29 is 4.74 Å². The minimum atomic E-state index is -0.317. The monoisotopic (exact) mass is 437 g/mol. The van der Waals surface area contributed by atoms with Crippen molar-refractivity contribution in [1.29, 1.82) is 0 Å². The molecule has 0 N–H and O–H groups in total. The summed E-state index contributed by atoms with van der Waals surface area (Å²) in [5.41, 5.74) is 0.482. The van der Waals surface area contributed by atoms with E-state index in [1.54, 1.807) is 6.07 Å². The number of halogens is 2. The Morgan fingerprint density at radius 1 is 1.10 bits per heavy atom. The largest absolute Gasteiger partial charge is 0.379 e. The minimum Gasteiger partial charge on any atom is -0.379 e. The average molecular weight is 438 g/mol. The van der Waals surface area contributed by atoms with Gasteiger partial charge in [0.25, 0.3) is 0 Å². The van der Waals surface area contributed by atoms with Crippen LogP contribution in [0.5, 0.6) is 0 Å². The highest BCUT2D eigenvalue weighted by molar-refractivity contribution is 6.35. The number of nitrogens with zero attached hydrogens (tertiary/aromatic N) is 5. The molecule has 1 aromatic carbocycles. The Bertz CT molecular complexity index is 866. The Morgan fingerprint density at radius 2 is 1.79 bits per heavy atom. The van der Waals surface area contributed by atoms with Gasteiger partial charge in [-0.15, -0.1) is 5.10 Å². The van der Waals surface area contributed by atoms with Crippen molar-refractivity contribution in [3.63, 3.8) is 0 Å². The molecule has 1 aliphatic rings. The molecule has 8 heteroatoms. The van der Waals surface area contributed by atoms with Crippen molar-refractivity contribution in [2.75, 3.05) is 26.3 Å². The number of hydrogen-bond donors (Lipinski definition) is 0. The van der Waals surface area contributed by atoms with Gasteiger partial charge in [0.1, 0.15) is 0 Å². The van der Waals surface area contributed by atoms with Gasteiger partial charge in [-0.25, -0.2) is 4.68 Å². The second-order valence-corrected chi connectivity index (χ2v) is 9.78. The molecule has 2 heterocycles. The van der Waals surface area contributed by atoms with Gasteiger partial charge in [0.05, 0.1) is 24.8 Å². The third-order valence-corrected chi connectivity index (χ3v) is 5.98. The summed E-state index contributed by atoms with van der Waals surface area (Å²) >= 11 is 12.4. The van der Waals surface area contributed by atoms with Crippen molar-refractivity contribution in [3.05, 3.63) is 45.7 Å². The van der Waals surface area contributed by atoms with Crippen molar-refractivity contribution in [1.82, 2.24) is 25.1 Å². The molecule has 0 amide bonds. The van der Waals surface area contributed by atoms with Crippen molar-refractivity contribution in [2.24, 2.45) is 5.41 Å². The lowest BCUT2D eigenvalue weighted by Gasteiger charge is -2.41. The fraction of sp³-hybridized carbons (Fsp3) is 0.571. The molecule has 3 rings (SSSR count). The topological polar surface area (TPSA) is 56.1 Å². The van der Waals surface area contributed by atoms with Gasteiger partial charge in [0.2, 0.25) is 0 Å². The summed E-state index contributed by atoms with van der Waals surface area (Å²) < 4.78 is 7.46. The third-order valence-electron chi connectivity index (χ3n) is 5.41. The second kappa shape index (κ2) is 8.72. The van der Waals surface area contributed by atoms with Crippen LogP contribution in [0, 0.1) is 5.41 Å². The van der Waals surface area contributed by atoms with E-state index in [0.29, 0.717) is 10.0 Å². The molecule has 0 bridgehead atoms. The summed E-state index contributed by atoms with van der Waals surface area (Å²) in [7, 11) is 0. The zero-order chi connectivity index (χ0) is 21.2. The Hall–Kier alpha value is -1.47. The Kier molecular flexibility index (Phi) is 6.68. The molecular formula is C21H29Cl2N5O. The van der Waals surface area contributed by atoms with E-state index in [2.05, 4.69) is 61.1 Å². The number of aromatic nitrogens is 4. The molecule has 158 valence electrons. The molecular weight excluding hydrogens is 409 g/mol. The van der Waals surface area contributed by atoms with Crippen LogP contribution in [0.3, 0.4) is 0 Å².